The molecule has 0 aliphatic heterocycles. The molecule has 0 spiro atoms. The number of benzene rings is 1. The molecule has 1 N–H and O–H groups in total. The Morgan fingerprint density at radius 1 is 0.905 bits per heavy atom. The lowest BCUT2D eigenvalue weighted by molar-refractivity contribution is 0.590. The van der Waals surface area contributed by atoms with Crippen LogP contribution in [0.25, 0.3) is 0 Å². The molecule has 0 bridgehead atoms. The van der Waals surface area contributed by atoms with E-state index in [1.807, 2.05) is 0 Å². The Balaban J connectivity index is 3.19. The number of nitrogens with zero attached hydrogens (tertiary/aromatic N) is 1. The van der Waals surface area contributed by atoms with Crippen molar-refractivity contribution in [3.8, 4) is 0 Å². The summed E-state index contributed by atoms with van der Waals surface area (Å²) < 4.78 is 5.04. The van der Waals surface area contributed by atoms with Crippen molar-refractivity contribution in [3.05, 3.63) is 35.4 Å². The molecule has 2 nitrogen and oxygen atoms in total. The summed E-state index contributed by atoms with van der Waals surface area (Å²) in [6.45, 7) is 20.5. The first-order valence-corrected chi connectivity index (χ1v) is 14.7. The molecule has 0 aromatic heterocycles. The van der Waals surface area contributed by atoms with Crippen LogP contribution in [0, 0.1) is 0 Å². The van der Waals surface area contributed by atoms with Gasteiger partial charge in [-0.15, -0.1) is 0 Å². The Morgan fingerprint density at radius 3 is 1.71 bits per heavy atom. The Hall–Kier alpha value is -0.876. The van der Waals surface area contributed by atoms with Gasteiger partial charge >= 0.3 is 0 Å². The third-order valence-corrected chi connectivity index (χ3v) is 4.85. The van der Waals surface area contributed by atoms with Crippen LogP contribution in [0.3, 0.4) is 0 Å². The number of rotatable bonds is 3. The predicted molar refractivity (Wildman–Crippen MR) is 102 cm³/mol. The van der Waals surface area contributed by atoms with Gasteiger partial charge < -0.3 is 9.64 Å². The van der Waals surface area contributed by atoms with E-state index in [-0.39, 0.29) is 5.41 Å². The van der Waals surface area contributed by atoms with Crippen molar-refractivity contribution in [1.82, 2.24) is 4.98 Å². The highest BCUT2D eigenvalue weighted by molar-refractivity contribution is 6.78. The van der Waals surface area contributed by atoms with Gasteiger partial charge in [-0.1, -0.05) is 64.7 Å². The first-order valence-electron chi connectivity index (χ1n) is 7.77. The molecule has 0 aliphatic rings. The molecule has 0 radical (unpaired) electrons. The average Bonchev–Trinajstić information content (AvgIpc) is 2.23. The summed E-state index contributed by atoms with van der Waals surface area (Å²) >= 11 is 0. The topological polar surface area (TPSA) is 24.4 Å². The van der Waals surface area contributed by atoms with Crippen molar-refractivity contribution >= 4 is 22.3 Å². The SMILES string of the molecule is CC(C)(C)c1ccc(/C(=N\[Si](C)(C)C)N[Si](C)(C)C)cc1. The van der Waals surface area contributed by atoms with E-state index >= 15 is 0 Å². The molecule has 0 atom stereocenters. The summed E-state index contributed by atoms with van der Waals surface area (Å²) in [5, 5.41) is 0. The molecule has 1 aromatic carbocycles. The molecular weight excluding hydrogens is 288 g/mol. The molecule has 1 rings (SSSR count). The fourth-order valence-corrected chi connectivity index (χ4v) is 3.86. The van der Waals surface area contributed by atoms with Crippen molar-refractivity contribution in [2.75, 3.05) is 0 Å². The maximum atomic E-state index is 5.04. The van der Waals surface area contributed by atoms with Crippen LogP contribution in [0.2, 0.25) is 39.3 Å². The Labute approximate surface area is 133 Å². The molecule has 0 saturated carbocycles. The van der Waals surface area contributed by atoms with Gasteiger partial charge in [0, 0.05) is 5.56 Å². The minimum Gasteiger partial charge on any atom is -0.396 e. The van der Waals surface area contributed by atoms with Gasteiger partial charge in [0.15, 0.2) is 8.24 Å². The second-order valence-corrected chi connectivity index (χ2v) is 18.1. The van der Waals surface area contributed by atoms with Gasteiger partial charge in [-0.2, -0.15) is 0 Å². The van der Waals surface area contributed by atoms with E-state index in [1.165, 1.54) is 11.1 Å². The molecule has 0 amide bonds. The van der Waals surface area contributed by atoms with Crippen molar-refractivity contribution in [1.29, 1.82) is 0 Å². The summed E-state index contributed by atoms with van der Waals surface area (Å²) in [5.41, 5.74) is 2.78. The third-order valence-electron chi connectivity index (χ3n) is 2.96. The van der Waals surface area contributed by atoms with Gasteiger partial charge in [0.05, 0.1) is 0 Å². The zero-order chi connectivity index (χ0) is 16.5. The van der Waals surface area contributed by atoms with Gasteiger partial charge in [0.2, 0.25) is 0 Å². The maximum absolute atomic E-state index is 5.04. The van der Waals surface area contributed by atoms with Crippen LogP contribution < -0.4 is 4.98 Å². The van der Waals surface area contributed by atoms with E-state index in [0.717, 1.165) is 5.84 Å². The van der Waals surface area contributed by atoms with E-state index in [2.05, 4.69) is 89.3 Å². The van der Waals surface area contributed by atoms with Crippen LogP contribution in [0.4, 0.5) is 0 Å². The molecule has 0 fully saturated rings. The van der Waals surface area contributed by atoms with E-state index in [1.54, 1.807) is 0 Å². The molecule has 1 aromatic rings. The summed E-state index contributed by atoms with van der Waals surface area (Å²) in [4.78, 5) is 3.71. The number of hydrogen-bond donors (Lipinski definition) is 1. The van der Waals surface area contributed by atoms with Crippen molar-refractivity contribution < 1.29 is 0 Å². The van der Waals surface area contributed by atoms with Crippen LogP contribution in [0.5, 0.6) is 0 Å². The lowest BCUT2D eigenvalue weighted by Crippen LogP contribution is -2.47. The fraction of sp³-hybridized carbons (Fsp3) is 0.588. The zero-order valence-electron chi connectivity index (χ0n) is 15.3. The molecule has 118 valence electrons. The normalized spacial score (nSPS) is 14.2. The number of nitrogens with one attached hydrogen (secondary N) is 1. The highest BCUT2D eigenvalue weighted by Gasteiger charge is 2.21. The van der Waals surface area contributed by atoms with E-state index < -0.39 is 16.5 Å². The second-order valence-electron chi connectivity index (χ2n) is 8.83. The smallest absolute Gasteiger partial charge is 0.175 e. The highest BCUT2D eigenvalue weighted by atomic mass is 28.3. The second kappa shape index (κ2) is 6.09. The van der Waals surface area contributed by atoms with Gasteiger partial charge in [-0.05, 0) is 30.6 Å². The first kappa shape index (κ1) is 18.2. The largest absolute Gasteiger partial charge is 0.396 e. The van der Waals surface area contributed by atoms with E-state index in [0.29, 0.717) is 0 Å². The maximum Gasteiger partial charge on any atom is 0.175 e. The summed E-state index contributed by atoms with van der Waals surface area (Å²) in [5.74, 6) is 1.09. The van der Waals surface area contributed by atoms with Crippen LogP contribution in [0.1, 0.15) is 31.9 Å². The predicted octanol–water partition coefficient (Wildman–Crippen LogP) is 4.99. The lowest BCUT2D eigenvalue weighted by atomic mass is 9.87. The highest BCUT2D eigenvalue weighted by Crippen LogP contribution is 2.22. The fourth-order valence-electron chi connectivity index (χ4n) is 1.98. The average molecular weight is 321 g/mol. The summed E-state index contributed by atoms with van der Waals surface area (Å²) in [7, 11) is -2.92. The quantitative estimate of drug-likeness (QED) is 0.473. The van der Waals surface area contributed by atoms with E-state index in [9.17, 15) is 0 Å². The Bertz CT molecular complexity index is 498. The molecule has 0 saturated heterocycles. The van der Waals surface area contributed by atoms with Crippen molar-refractivity contribution in [2.45, 2.75) is 65.5 Å². The van der Waals surface area contributed by atoms with Crippen LogP contribution in [-0.4, -0.2) is 22.3 Å². The molecule has 4 heteroatoms. The van der Waals surface area contributed by atoms with Crippen molar-refractivity contribution in [3.63, 3.8) is 0 Å². The third kappa shape index (κ3) is 6.61. The zero-order valence-corrected chi connectivity index (χ0v) is 17.3. The van der Waals surface area contributed by atoms with Gasteiger partial charge in [-0.3, -0.25) is 0 Å². The van der Waals surface area contributed by atoms with Crippen molar-refractivity contribution in [2.24, 2.45) is 4.66 Å². The van der Waals surface area contributed by atoms with Gasteiger partial charge in [0.25, 0.3) is 0 Å². The standard InChI is InChI=1S/C17H32N2Si2/c1-17(2,3)15-12-10-14(11-13-15)16(18-20(4,5)6)19-21(7,8)9/h10-13H,1-9H3,(H,18,19). The van der Waals surface area contributed by atoms with E-state index in [4.69, 9.17) is 4.66 Å². The van der Waals surface area contributed by atoms with Crippen LogP contribution in [0.15, 0.2) is 28.9 Å². The van der Waals surface area contributed by atoms with Gasteiger partial charge in [-0.25, -0.2) is 0 Å². The summed E-state index contributed by atoms with van der Waals surface area (Å²) in [6.07, 6.45) is 0. The Morgan fingerprint density at radius 2 is 1.38 bits per heavy atom. The minimum atomic E-state index is -1.51. The lowest BCUT2D eigenvalue weighted by Gasteiger charge is -2.25. The minimum absolute atomic E-state index is 0.195. The first-order chi connectivity index (χ1) is 9.28. The van der Waals surface area contributed by atoms with Crippen LogP contribution in [-0.2, 0) is 5.41 Å². The molecule has 0 aliphatic carbocycles. The molecule has 21 heavy (non-hydrogen) atoms. The number of amidine groups is 1. The molecular formula is C17H32N2Si2. The van der Waals surface area contributed by atoms with Gasteiger partial charge in [0.1, 0.15) is 14.1 Å². The number of hydrogen-bond acceptors (Lipinski definition) is 1. The van der Waals surface area contributed by atoms with Crippen LogP contribution >= 0.6 is 0 Å². The molecule has 0 heterocycles. The Kier molecular flexibility index (Phi) is 5.27. The molecule has 0 unspecified atom stereocenters. The summed E-state index contributed by atoms with van der Waals surface area (Å²) in [6, 6.07) is 8.90. The monoisotopic (exact) mass is 320 g/mol.